The van der Waals surface area contributed by atoms with E-state index in [0.29, 0.717) is 12.1 Å². The molecule has 2 aliphatic heterocycles. The molecule has 0 spiro atoms. The third-order valence-electron chi connectivity index (χ3n) is 5.79. The number of hydrogen-bond acceptors (Lipinski definition) is 5. The summed E-state index contributed by atoms with van der Waals surface area (Å²) >= 11 is 1.65. The molecule has 0 saturated carbocycles. The maximum atomic E-state index is 12.8. The number of hydrogen-bond donors (Lipinski definition) is 0. The fourth-order valence-corrected chi connectivity index (χ4v) is 4.94. The van der Waals surface area contributed by atoms with Crippen LogP contribution in [0.2, 0.25) is 0 Å². The van der Waals surface area contributed by atoms with Gasteiger partial charge in [-0.15, -0.1) is 11.3 Å². The molecule has 0 aliphatic carbocycles. The molecule has 0 N–H and O–H groups in total. The minimum Gasteiger partial charge on any atom is -0.484 e. The summed E-state index contributed by atoms with van der Waals surface area (Å²) < 4.78 is 5.81. The molecule has 27 heavy (non-hydrogen) atoms. The summed E-state index contributed by atoms with van der Waals surface area (Å²) in [7, 11) is 2.18. The van der Waals surface area contributed by atoms with E-state index in [4.69, 9.17) is 4.74 Å². The number of ether oxygens (including phenoxy) is 1. The average molecular weight is 386 g/mol. The number of likely N-dealkylation sites (tertiary alicyclic amines) is 2. The minimum atomic E-state index is 0.112. The predicted molar refractivity (Wildman–Crippen MR) is 108 cm³/mol. The molecule has 2 saturated heterocycles. The summed E-state index contributed by atoms with van der Waals surface area (Å²) in [6.45, 7) is 4.06. The number of aromatic nitrogens is 1. The number of rotatable bonds is 4. The molecule has 6 heteroatoms. The number of thiazole rings is 1. The highest BCUT2D eigenvalue weighted by Crippen LogP contribution is 2.29. The van der Waals surface area contributed by atoms with Crippen molar-refractivity contribution < 1.29 is 9.53 Å². The summed E-state index contributed by atoms with van der Waals surface area (Å²) in [5.41, 5.74) is 2.06. The van der Waals surface area contributed by atoms with Crippen molar-refractivity contribution in [3.63, 3.8) is 0 Å². The maximum Gasteiger partial charge on any atom is 0.260 e. The van der Waals surface area contributed by atoms with E-state index in [2.05, 4.69) is 27.2 Å². The van der Waals surface area contributed by atoms with Crippen LogP contribution in [0.1, 0.15) is 30.7 Å². The average Bonchev–Trinajstić information content (AvgIpc) is 3.19. The van der Waals surface area contributed by atoms with Crippen molar-refractivity contribution in [3.8, 4) is 17.0 Å². The number of benzene rings is 1. The Labute approximate surface area is 165 Å². The first kappa shape index (κ1) is 18.4. The van der Waals surface area contributed by atoms with Crippen LogP contribution in [-0.2, 0) is 4.79 Å². The SMILES string of the molecule is Cc1nc(-c2ccc(OCC(=O)N3CCCC[C@@H]4[C@H]3CCN4C)cc2)cs1. The fourth-order valence-electron chi connectivity index (χ4n) is 4.32. The van der Waals surface area contributed by atoms with Crippen LogP contribution in [0.15, 0.2) is 29.6 Å². The van der Waals surface area contributed by atoms with Gasteiger partial charge in [0.1, 0.15) is 5.75 Å². The molecule has 4 rings (SSSR count). The number of nitrogens with zero attached hydrogens (tertiary/aromatic N) is 3. The number of fused-ring (bicyclic) bond motifs is 1. The highest BCUT2D eigenvalue weighted by atomic mass is 32.1. The molecule has 144 valence electrons. The van der Waals surface area contributed by atoms with Crippen molar-refractivity contribution in [2.24, 2.45) is 0 Å². The molecule has 0 unspecified atom stereocenters. The Balaban J connectivity index is 1.37. The van der Waals surface area contributed by atoms with Crippen molar-refractivity contribution in [1.82, 2.24) is 14.8 Å². The molecule has 2 fully saturated rings. The summed E-state index contributed by atoms with van der Waals surface area (Å²) in [6.07, 6.45) is 4.57. The van der Waals surface area contributed by atoms with Gasteiger partial charge in [-0.2, -0.15) is 0 Å². The summed E-state index contributed by atoms with van der Waals surface area (Å²) in [4.78, 5) is 21.8. The third kappa shape index (κ3) is 4.01. The zero-order valence-corrected chi connectivity index (χ0v) is 16.9. The van der Waals surface area contributed by atoms with E-state index < -0.39 is 0 Å². The largest absolute Gasteiger partial charge is 0.484 e. The van der Waals surface area contributed by atoms with Crippen LogP contribution in [0.3, 0.4) is 0 Å². The lowest BCUT2D eigenvalue weighted by atomic mass is 10.0. The van der Waals surface area contributed by atoms with Gasteiger partial charge in [-0.3, -0.25) is 4.79 Å². The van der Waals surface area contributed by atoms with E-state index in [1.54, 1.807) is 11.3 Å². The normalized spacial score (nSPS) is 23.1. The topological polar surface area (TPSA) is 45.7 Å². The highest BCUT2D eigenvalue weighted by molar-refractivity contribution is 7.09. The van der Waals surface area contributed by atoms with E-state index in [1.165, 1.54) is 12.8 Å². The van der Waals surface area contributed by atoms with Crippen LogP contribution in [-0.4, -0.2) is 59.5 Å². The Bertz CT molecular complexity index is 789. The van der Waals surface area contributed by atoms with Gasteiger partial charge in [0.2, 0.25) is 0 Å². The molecular weight excluding hydrogens is 358 g/mol. The number of likely N-dealkylation sites (N-methyl/N-ethyl adjacent to an activating group) is 1. The second kappa shape index (κ2) is 7.98. The zero-order chi connectivity index (χ0) is 18.8. The van der Waals surface area contributed by atoms with Crippen LogP contribution in [0.5, 0.6) is 5.75 Å². The molecule has 2 aromatic rings. The monoisotopic (exact) mass is 385 g/mol. The van der Waals surface area contributed by atoms with Crippen molar-refractivity contribution in [2.75, 3.05) is 26.7 Å². The molecular formula is C21H27N3O2S. The lowest BCUT2D eigenvalue weighted by Gasteiger charge is -2.32. The van der Waals surface area contributed by atoms with Gasteiger partial charge >= 0.3 is 0 Å². The second-order valence-corrected chi connectivity index (χ2v) is 8.61. The van der Waals surface area contributed by atoms with E-state index in [1.807, 2.05) is 31.2 Å². The van der Waals surface area contributed by atoms with Gasteiger partial charge in [0.25, 0.3) is 5.91 Å². The van der Waals surface area contributed by atoms with Gasteiger partial charge in [0.15, 0.2) is 6.61 Å². The molecule has 2 aliphatic rings. The molecule has 2 atom stereocenters. The van der Waals surface area contributed by atoms with Crippen molar-refractivity contribution in [1.29, 1.82) is 0 Å². The first-order valence-corrected chi connectivity index (χ1v) is 10.6. The van der Waals surface area contributed by atoms with Crippen LogP contribution in [0, 0.1) is 6.92 Å². The first-order chi connectivity index (χ1) is 13.1. The van der Waals surface area contributed by atoms with E-state index in [9.17, 15) is 4.79 Å². The minimum absolute atomic E-state index is 0.112. The number of carbonyl (C=O) groups excluding carboxylic acids is 1. The van der Waals surface area contributed by atoms with Gasteiger partial charge in [-0.1, -0.05) is 6.42 Å². The van der Waals surface area contributed by atoms with Crippen LogP contribution in [0.4, 0.5) is 0 Å². The molecule has 0 bridgehead atoms. The van der Waals surface area contributed by atoms with Gasteiger partial charge in [-0.25, -0.2) is 4.98 Å². The maximum absolute atomic E-state index is 12.8. The Morgan fingerprint density at radius 2 is 2.00 bits per heavy atom. The van der Waals surface area contributed by atoms with Crippen molar-refractivity contribution in [2.45, 2.75) is 44.7 Å². The molecule has 0 radical (unpaired) electrons. The number of carbonyl (C=O) groups is 1. The number of amides is 1. The quantitative estimate of drug-likeness (QED) is 0.807. The van der Waals surface area contributed by atoms with Crippen LogP contribution in [0.25, 0.3) is 11.3 Å². The van der Waals surface area contributed by atoms with E-state index >= 15 is 0 Å². The molecule has 1 aromatic carbocycles. The molecule has 1 aromatic heterocycles. The van der Waals surface area contributed by atoms with Crippen LogP contribution < -0.4 is 4.74 Å². The van der Waals surface area contributed by atoms with Crippen LogP contribution >= 0.6 is 11.3 Å². The van der Waals surface area contributed by atoms with Crippen molar-refractivity contribution >= 4 is 17.2 Å². The third-order valence-corrected chi connectivity index (χ3v) is 6.56. The van der Waals surface area contributed by atoms with Gasteiger partial charge in [-0.05, 0) is 57.5 Å². The van der Waals surface area contributed by atoms with Gasteiger partial charge in [0, 0.05) is 36.1 Å². The Morgan fingerprint density at radius 3 is 2.74 bits per heavy atom. The summed E-state index contributed by atoms with van der Waals surface area (Å²) in [5, 5.41) is 3.12. The zero-order valence-electron chi connectivity index (χ0n) is 16.1. The fraction of sp³-hybridized carbons (Fsp3) is 0.524. The Kier molecular flexibility index (Phi) is 5.45. The predicted octanol–water partition coefficient (Wildman–Crippen LogP) is 3.58. The Morgan fingerprint density at radius 1 is 1.19 bits per heavy atom. The van der Waals surface area contributed by atoms with E-state index in [0.717, 1.165) is 47.9 Å². The first-order valence-electron chi connectivity index (χ1n) is 9.77. The molecule has 5 nitrogen and oxygen atoms in total. The van der Waals surface area contributed by atoms with E-state index in [-0.39, 0.29) is 12.5 Å². The number of aryl methyl sites for hydroxylation is 1. The smallest absolute Gasteiger partial charge is 0.260 e. The standard InChI is InChI=1S/C21H27N3O2S/c1-15-22-18(14-27-15)16-6-8-17(9-7-16)26-13-21(25)24-11-4-3-5-19-20(24)10-12-23(19)2/h6-9,14,19-20H,3-5,10-13H2,1-2H3/t19-,20-/m1/s1. The van der Waals surface area contributed by atoms with Crippen molar-refractivity contribution in [3.05, 3.63) is 34.7 Å². The van der Waals surface area contributed by atoms with Gasteiger partial charge in [0.05, 0.1) is 10.7 Å². The van der Waals surface area contributed by atoms with Gasteiger partial charge < -0.3 is 14.5 Å². The summed E-state index contributed by atoms with van der Waals surface area (Å²) in [5.74, 6) is 0.843. The second-order valence-electron chi connectivity index (χ2n) is 7.55. The lowest BCUT2D eigenvalue weighted by Crippen LogP contribution is -2.47. The molecule has 1 amide bonds. The highest BCUT2D eigenvalue weighted by Gasteiger charge is 2.38. The summed E-state index contributed by atoms with van der Waals surface area (Å²) in [6, 6.07) is 8.71. The lowest BCUT2D eigenvalue weighted by molar-refractivity contribution is -0.135. The molecule has 3 heterocycles. The Hall–Kier alpha value is -1.92.